The Morgan fingerprint density at radius 2 is 1.54 bits per heavy atom. The summed E-state index contributed by atoms with van der Waals surface area (Å²) in [6, 6.07) is 0. The minimum Gasteiger partial charge on any atom is -0.393 e. The molecule has 0 aromatic carbocycles. The molecule has 136 valence electrons. The largest absolute Gasteiger partial charge is 0.393 e. The minimum absolute atomic E-state index is 0.0520. The highest BCUT2D eigenvalue weighted by atomic mass is 16.7. The van der Waals surface area contributed by atoms with Gasteiger partial charge in [-0.25, -0.2) is 0 Å². The van der Waals surface area contributed by atoms with Crippen molar-refractivity contribution in [2.75, 3.05) is 13.2 Å². The van der Waals surface area contributed by atoms with Gasteiger partial charge in [0.15, 0.2) is 5.79 Å². The fourth-order valence-corrected chi connectivity index (χ4v) is 7.93. The molecular formula is C21H34O3. The van der Waals surface area contributed by atoms with E-state index in [1.165, 1.54) is 38.5 Å². The van der Waals surface area contributed by atoms with Gasteiger partial charge in [0.25, 0.3) is 0 Å². The van der Waals surface area contributed by atoms with Crippen molar-refractivity contribution in [1.82, 2.24) is 0 Å². The van der Waals surface area contributed by atoms with Crippen molar-refractivity contribution in [3.8, 4) is 0 Å². The Labute approximate surface area is 146 Å². The van der Waals surface area contributed by atoms with Gasteiger partial charge in [-0.3, -0.25) is 0 Å². The van der Waals surface area contributed by atoms with Crippen LogP contribution in [-0.2, 0) is 9.47 Å². The molecule has 3 heteroatoms. The van der Waals surface area contributed by atoms with Crippen LogP contribution in [0.3, 0.4) is 0 Å². The topological polar surface area (TPSA) is 38.7 Å². The van der Waals surface area contributed by atoms with Crippen LogP contribution < -0.4 is 0 Å². The number of fused-ring (bicyclic) bond motifs is 5. The second-order valence-electron chi connectivity index (χ2n) is 10.1. The molecule has 1 heterocycles. The van der Waals surface area contributed by atoms with E-state index in [9.17, 15) is 5.11 Å². The summed E-state index contributed by atoms with van der Waals surface area (Å²) in [5, 5.41) is 10.6. The predicted octanol–water partition coefficient (Wildman–Crippen LogP) is 4.13. The number of hydrogen-bond acceptors (Lipinski definition) is 3. The zero-order valence-electron chi connectivity index (χ0n) is 15.4. The SMILES string of the molecule is C[C@]12CCC3(C[C@@H]1CC[C@@H]1[C@@H]2CC[C@]2(C)[C@@H](O)CC[C@@H]12)OCCO3. The zero-order valence-corrected chi connectivity index (χ0v) is 15.4. The average molecular weight is 335 g/mol. The number of aliphatic hydroxyl groups excluding tert-OH is 1. The van der Waals surface area contributed by atoms with Crippen LogP contribution >= 0.6 is 0 Å². The molecule has 3 nitrogen and oxygen atoms in total. The molecule has 0 radical (unpaired) electrons. The summed E-state index contributed by atoms with van der Waals surface area (Å²) < 4.78 is 12.1. The van der Waals surface area contributed by atoms with E-state index in [4.69, 9.17) is 9.47 Å². The lowest BCUT2D eigenvalue weighted by Gasteiger charge is -2.61. The second-order valence-corrected chi connectivity index (χ2v) is 10.1. The van der Waals surface area contributed by atoms with Crippen molar-refractivity contribution < 1.29 is 14.6 Å². The van der Waals surface area contributed by atoms with Crippen LogP contribution in [0, 0.1) is 34.5 Å². The van der Waals surface area contributed by atoms with Crippen molar-refractivity contribution >= 4 is 0 Å². The molecule has 4 saturated carbocycles. The Balaban J connectivity index is 1.41. The monoisotopic (exact) mass is 334 g/mol. The Kier molecular flexibility index (Phi) is 3.49. The van der Waals surface area contributed by atoms with E-state index < -0.39 is 0 Å². The molecule has 5 aliphatic rings. The van der Waals surface area contributed by atoms with Gasteiger partial charge in [-0.15, -0.1) is 0 Å². The van der Waals surface area contributed by atoms with Crippen LogP contribution in [0.5, 0.6) is 0 Å². The average Bonchev–Trinajstić information content (AvgIpc) is 3.14. The third-order valence-corrected chi connectivity index (χ3v) is 9.43. The zero-order chi connectivity index (χ0) is 16.6. The lowest BCUT2D eigenvalue weighted by molar-refractivity contribution is -0.230. The molecule has 24 heavy (non-hydrogen) atoms. The summed E-state index contributed by atoms with van der Waals surface area (Å²) in [6.45, 7) is 6.54. The third-order valence-electron chi connectivity index (χ3n) is 9.43. The molecular weight excluding hydrogens is 300 g/mol. The molecule has 5 fully saturated rings. The maximum Gasteiger partial charge on any atom is 0.168 e. The van der Waals surface area contributed by atoms with Crippen molar-refractivity contribution in [1.29, 1.82) is 0 Å². The smallest absolute Gasteiger partial charge is 0.168 e. The van der Waals surface area contributed by atoms with Crippen LogP contribution in [-0.4, -0.2) is 30.2 Å². The Bertz CT molecular complexity index is 513. The molecule has 4 aliphatic carbocycles. The summed E-state index contributed by atoms with van der Waals surface area (Å²) in [5.74, 6) is 3.00. The highest BCUT2D eigenvalue weighted by Gasteiger charge is 2.61. The van der Waals surface area contributed by atoms with Gasteiger partial charge in [0.1, 0.15) is 0 Å². The van der Waals surface area contributed by atoms with E-state index in [2.05, 4.69) is 13.8 Å². The molecule has 7 atom stereocenters. The highest BCUT2D eigenvalue weighted by Crippen LogP contribution is 2.67. The van der Waals surface area contributed by atoms with E-state index in [0.717, 1.165) is 56.1 Å². The summed E-state index contributed by atoms with van der Waals surface area (Å²) in [4.78, 5) is 0. The summed E-state index contributed by atoms with van der Waals surface area (Å²) in [5.41, 5.74) is 0.677. The molecule has 0 aromatic heterocycles. The van der Waals surface area contributed by atoms with Crippen LogP contribution in [0.15, 0.2) is 0 Å². The van der Waals surface area contributed by atoms with Gasteiger partial charge in [0, 0.05) is 12.8 Å². The predicted molar refractivity (Wildman–Crippen MR) is 92.4 cm³/mol. The Morgan fingerprint density at radius 1 is 0.792 bits per heavy atom. The van der Waals surface area contributed by atoms with Gasteiger partial charge in [0.2, 0.25) is 0 Å². The first-order chi connectivity index (χ1) is 11.5. The van der Waals surface area contributed by atoms with E-state index in [-0.39, 0.29) is 17.3 Å². The Morgan fingerprint density at radius 3 is 2.33 bits per heavy atom. The molecule has 1 saturated heterocycles. The van der Waals surface area contributed by atoms with E-state index >= 15 is 0 Å². The van der Waals surface area contributed by atoms with Gasteiger partial charge in [-0.1, -0.05) is 13.8 Å². The molecule has 1 N–H and O–H groups in total. The van der Waals surface area contributed by atoms with E-state index in [0.29, 0.717) is 5.41 Å². The summed E-state index contributed by atoms with van der Waals surface area (Å²) in [7, 11) is 0. The third kappa shape index (κ3) is 2.01. The van der Waals surface area contributed by atoms with Crippen LogP contribution in [0.4, 0.5) is 0 Å². The van der Waals surface area contributed by atoms with E-state index in [1.54, 1.807) is 0 Å². The lowest BCUT2D eigenvalue weighted by Crippen LogP contribution is -2.56. The van der Waals surface area contributed by atoms with Gasteiger partial charge in [-0.05, 0) is 79.4 Å². The molecule has 0 aromatic rings. The maximum atomic E-state index is 10.6. The molecule has 0 unspecified atom stereocenters. The van der Waals surface area contributed by atoms with Gasteiger partial charge < -0.3 is 14.6 Å². The van der Waals surface area contributed by atoms with Crippen molar-refractivity contribution in [3.05, 3.63) is 0 Å². The minimum atomic E-state index is -0.232. The molecule has 1 spiro atoms. The highest BCUT2D eigenvalue weighted by molar-refractivity contribution is 5.10. The standard InChI is InChI=1S/C21H34O3/c1-19-9-10-21(23-11-12-24-21)13-14(19)3-4-15-16-5-6-18(22)20(16,2)8-7-17(15)19/h14-18,22H,3-13H2,1-2H3/t14-,15-,16-,17-,18-,19-,20-/m0/s1. The quantitative estimate of drug-likeness (QED) is 0.724. The normalized spacial score (nSPS) is 55.9. The van der Waals surface area contributed by atoms with Gasteiger partial charge in [-0.2, -0.15) is 0 Å². The number of ether oxygens (including phenoxy) is 2. The summed E-state index contributed by atoms with van der Waals surface area (Å²) in [6.07, 6.45) is 11.0. The fraction of sp³-hybridized carbons (Fsp3) is 1.00. The number of hydrogen-bond donors (Lipinski definition) is 1. The molecule has 5 rings (SSSR count). The van der Waals surface area contributed by atoms with Crippen molar-refractivity contribution in [3.63, 3.8) is 0 Å². The maximum absolute atomic E-state index is 10.6. The molecule has 1 aliphatic heterocycles. The molecule has 0 amide bonds. The Hall–Kier alpha value is -0.120. The van der Waals surface area contributed by atoms with Crippen LogP contribution in [0.25, 0.3) is 0 Å². The van der Waals surface area contributed by atoms with Gasteiger partial charge in [0.05, 0.1) is 19.3 Å². The number of rotatable bonds is 0. The first-order valence-electron chi connectivity index (χ1n) is 10.4. The van der Waals surface area contributed by atoms with Crippen LogP contribution in [0.1, 0.15) is 71.6 Å². The number of aliphatic hydroxyl groups is 1. The van der Waals surface area contributed by atoms with E-state index in [1.807, 2.05) is 0 Å². The summed E-state index contributed by atoms with van der Waals surface area (Å²) >= 11 is 0. The lowest BCUT2D eigenvalue weighted by atomic mass is 9.45. The van der Waals surface area contributed by atoms with Crippen molar-refractivity contribution in [2.24, 2.45) is 34.5 Å². The van der Waals surface area contributed by atoms with Crippen molar-refractivity contribution in [2.45, 2.75) is 83.5 Å². The van der Waals surface area contributed by atoms with Gasteiger partial charge >= 0.3 is 0 Å². The molecule has 0 bridgehead atoms. The second kappa shape index (κ2) is 5.20. The fourth-order valence-electron chi connectivity index (χ4n) is 7.93. The first-order valence-corrected chi connectivity index (χ1v) is 10.4. The van der Waals surface area contributed by atoms with Crippen LogP contribution in [0.2, 0.25) is 0 Å². The first kappa shape index (κ1) is 16.1.